The van der Waals surface area contributed by atoms with E-state index in [0.717, 1.165) is 17.5 Å². The number of rotatable bonds is 3. The van der Waals surface area contributed by atoms with Crippen molar-refractivity contribution < 1.29 is 14.3 Å². The molecule has 0 saturated heterocycles. The third-order valence-corrected chi connectivity index (χ3v) is 2.67. The van der Waals surface area contributed by atoms with Crippen LogP contribution in [0.25, 0.3) is 0 Å². The topological polar surface area (TPSA) is 75.1 Å². The number of nitrogens with one attached hydrogen (secondary N) is 1. The Morgan fingerprint density at radius 2 is 2.05 bits per heavy atom. The summed E-state index contributed by atoms with van der Waals surface area (Å²) in [5, 5.41) is 11.5. The SMILES string of the molecule is Cc1ncc(Nc2ccc(C(=O)O)cc2F)nc1C. The smallest absolute Gasteiger partial charge is 0.335 e. The summed E-state index contributed by atoms with van der Waals surface area (Å²) >= 11 is 0. The first kappa shape index (κ1) is 12.9. The van der Waals surface area contributed by atoms with Crippen molar-refractivity contribution in [2.45, 2.75) is 13.8 Å². The molecule has 6 heteroatoms. The quantitative estimate of drug-likeness (QED) is 0.888. The number of aromatic nitrogens is 2. The number of carboxylic acid groups (broad SMARTS) is 1. The van der Waals surface area contributed by atoms with Gasteiger partial charge >= 0.3 is 5.97 Å². The van der Waals surface area contributed by atoms with Crippen LogP contribution in [0.2, 0.25) is 0 Å². The van der Waals surface area contributed by atoms with E-state index in [4.69, 9.17) is 5.11 Å². The molecule has 0 spiro atoms. The predicted molar refractivity (Wildman–Crippen MR) is 68.1 cm³/mol. The van der Waals surface area contributed by atoms with E-state index in [0.29, 0.717) is 5.82 Å². The fourth-order valence-corrected chi connectivity index (χ4v) is 1.49. The van der Waals surface area contributed by atoms with E-state index in [1.807, 2.05) is 6.92 Å². The molecule has 0 aliphatic rings. The van der Waals surface area contributed by atoms with Crippen LogP contribution >= 0.6 is 0 Å². The van der Waals surface area contributed by atoms with E-state index >= 15 is 0 Å². The number of anilines is 2. The van der Waals surface area contributed by atoms with Gasteiger partial charge in [-0.3, -0.25) is 4.98 Å². The molecule has 98 valence electrons. The number of hydrogen-bond acceptors (Lipinski definition) is 4. The molecule has 0 aliphatic heterocycles. The molecule has 0 bridgehead atoms. The van der Waals surface area contributed by atoms with E-state index in [-0.39, 0.29) is 11.3 Å². The molecule has 0 radical (unpaired) electrons. The second-order valence-electron chi connectivity index (χ2n) is 4.05. The average Bonchev–Trinajstić information content (AvgIpc) is 2.36. The molecule has 0 amide bonds. The summed E-state index contributed by atoms with van der Waals surface area (Å²) in [7, 11) is 0. The molecule has 0 saturated carbocycles. The molecule has 0 unspecified atom stereocenters. The molecule has 0 fully saturated rings. The first-order valence-corrected chi connectivity index (χ1v) is 5.57. The van der Waals surface area contributed by atoms with Crippen LogP contribution < -0.4 is 5.32 Å². The molecule has 0 aliphatic carbocycles. The van der Waals surface area contributed by atoms with Gasteiger partial charge in [-0.15, -0.1) is 0 Å². The summed E-state index contributed by atoms with van der Waals surface area (Å²) in [5.74, 6) is -1.42. The molecule has 2 aromatic rings. The highest BCUT2D eigenvalue weighted by molar-refractivity contribution is 5.88. The predicted octanol–water partition coefficient (Wildman–Crippen LogP) is 2.67. The molecule has 2 N–H and O–H groups in total. The summed E-state index contributed by atoms with van der Waals surface area (Å²) in [6.45, 7) is 3.63. The van der Waals surface area contributed by atoms with Crippen LogP contribution in [0.15, 0.2) is 24.4 Å². The average molecular weight is 261 g/mol. The van der Waals surface area contributed by atoms with Gasteiger partial charge in [0, 0.05) is 0 Å². The lowest BCUT2D eigenvalue weighted by atomic mass is 10.2. The van der Waals surface area contributed by atoms with Gasteiger partial charge in [-0.25, -0.2) is 14.2 Å². The standard InChI is InChI=1S/C13H12FN3O2/c1-7-8(2)16-12(6-15-7)17-11-4-3-9(13(18)19)5-10(11)14/h3-6H,1-2H3,(H,16,17)(H,18,19). The number of aromatic carboxylic acids is 1. The Bertz CT molecular complexity index is 644. The van der Waals surface area contributed by atoms with Gasteiger partial charge < -0.3 is 10.4 Å². The molecule has 1 heterocycles. The minimum atomic E-state index is -1.17. The first-order chi connectivity index (χ1) is 8.97. The van der Waals surface area contributed by atoms with Crippen LogP contribution in [-0.4, -0.2) is 21.0 Å². The second-order valence-corrected chi connectivity index (χ2v) is 4.05. The summed E-state index contributed by atoms with van der Waals surface area (Å²) in [6, 6.07) is 3.64. The van der Waals surface area contributed by atoms with Crippen molar-refractivity contribution in [1.82, 2.24) is 9.97 Å². The molecule has 1 aromatic carbocycles. The normalized spacial score (nSPS) is 10.3. The van der Waals surface area contributed by atoms with Gasteiger partial charge in [0.25, 0.3) is 0 Å². The molecule has 19 heavy (non-hydrogen) atoms. The Balaban J connectivity index is 2.28. The number of halogens is 1. The van der Waals surface area contributed by atoms with Crippen molar-refractivity contribution in [3.05, 3.63) is 47.2 Å². The Labute approximate surface area is 109 Å². The number of benzene rings is 1. The zero-order chi connectivity index (χ0) is 14.0. The van der Waals surface area contributed by atoms with E-state index < -0.39 is 11.8 Å². The van der Waals surface area contributed by atoms with Crippen LogP contribution in [0.5, 0.6) is 0 Å². The highest BCUT2D eigenvalue weighted by Crippen LogP contribution is 2.20. The zero-order valence-corrected chi connectivity index (χ0v) is 10.4. The molecule has 0 atom stereocenters. The maximum atomic E-state index is 13.7. The van der Waals surface area contributed by atoms with Gasteiger partial charge in [0.2, 0.25) is 0 Å². The number of aryl methyl sites for hydroxylation is 2. The minimum absolute atomic E-state index is 0.103. The largest absolute Gasteiger partial charge is 0.478 e. The fraction of sp³-hybridized carbons (Fsp3) is 0.154. The summed E-state index contributed by atoms with van der Waals surface area (Å²) in [6.07, 6.45) is 1.49. The third kappa shape index (κ3) is 2.85. The van der Waals surface area contributed by atoms with E-state index in [1.54, 1.807) is 6.92 Å². The zero-order valence-electron chi connectivity index (χ0n) is 10.4. The van der Waals surface area contributed by atoms with Gasteiger partial charge in [0.05, 0.1) is 28.8 Å². The maximum absolute atomic E-state index is 13.7. The van der Waals surface area contributed by atoms with Crippen molar-refractivity contribution in [2.24, 2.45) is 0 Å². The highest BCUT2D eigenvalue weighted by Gasteiger charge is 2.09. The Hall–Kier alpha value is -2.50. The monoisotopic (exact) mass is 261 g/mol. The number of nitrogens with zero attached hydrogens (tertiary/aromatic N) is 2. The molecule has 5 nitrogen and oxygen atoms in total. The Morgan fingerprint density at radius 3 is 2.63 bits per heavy atom. The van der Waals surface area contributed by atoms with Gasteiger partial charge in [-0.2, -0.15) is 0 Å². The van der Waals surface area contributed by atoms with Gasteiger partial charge in [0.1, 0.15) is 11.6 Å². The summed E-state index contributed by atoms with van der Waals surface area (Å²) in [5.41, 5.74) is 1.59. The highest BCUT2D eigenvalue weighted by atomic mass is 19.1. The van der Waals surface area contributed by atoms with Crippen molar-refractivity contribution >= 4 is 17.5 Å². The van der Waals surface area contributed by atoms with Crippen LogP contribution in [0.1, 0.15) is 21.7 Å². The summed E-state index contributed by atoms with van der Waals surface area (Å²) < 4.78 is 13.7. The van der Waals surface area contributed by atoms with E-state index in [9.17, 15) is 9.18 Å². The maximum Gasteiger partial charge on any atom is 0.335 e. The van der Waals surface area contributed by atoms with Crippen LogP contribution in [0.3, 0.4) is 0 Å². The lowest BCUT2D eigenvalue weighted by molar-refractivity contribution is 0.0696. The second kappa shape index (κ2) is 5.01. The Kier molecular flexibility index (Phi) is 3.41. The van der Waals surface area contributed by atoms with Crippen molar-refractivity contribution in [3.63, 3.8) is 0 Å². The molecule has 2 rings (SSSR count). The molecular weight excluding hydrogens is 249 g/mol. The van der Waals surface area contributed by atoms with Crippen molar-refractivity contribution in [2.75, 3.05) is 5.32 Å². The van der Waals surface area contributed by atoms with Gasteiger partial charge in [-0.1, -0.05) is 0 Å². The minimum Gasteiger partial charge on any atom is -0.478 e. The lowest BCUT2D eigenvalue weighted by Gasteiger charge is -2.08. The van der Waals surface area contributed by atoms with Gasteiger partial charge in [-0.05, 0) is 32.0 Å². The third-order valence-electron chi connectivity index (χ3n) is 2.67. The van der Waals surface area contributed by atoms with Crippen LogP contribution in [0, 0.1) is 19.7 Å². The van der Waals surface area contributed by atoms with Gasteiger partial charge in [0.15, 0.2) is 0 Å². The van der Waals surface area contributed by atoms with E-state index in [2.05, 4.69) is 15.3 Å². The van der Waals surface area contributed by atoms with Crippen molar-refractivity contribution in [3.8, 4) is 0 Å². The Morgan fingerprint density at radius 1 is 1.32 bits per heavy atom. The van der Waals surface area contributed by atoms with Crippen LogP contribution in [-0.2, 0) is 0 Å². The molecular formula is C13H12FN3O2. The first-order valence-electron chi connectivity index (χ1n) is 5.57. The van der Waals surface area contributed by atoms with Crippen molar-refractivity contribution in [1.29, 1.82) is 0 Å². The lowest BCUT2D eigenvalue weighted by Crippen LogP contribution is -2.02. The number of hydrogen-bond donors (Lipinski definition) is 2. The number of carboxylic acids is 1. The molecule has 1 aromatic heterocycles. The van der Waals surface area contributed by atoms with Crippen LogP contribution in [0.4, 0.5) is 15.9 Å². The van der Waals surface area contributed by atoms with E-state index in [1.165, 1.54) is 18.3 Å². The fourth-order valence-electron chi connectivity index (χ4n) is 1.49. The summed E-state index contributed by atoms with van der Waals surface area (Å²) in [4.78, 5) is 19.0. The number of carbonyl (C=O) groups is 1.